The summed E-state index contributed by atoms with van der Waals surface area (Å²) in [6.07, 6.45) is 9.34. The fourth-order valence-corrected chi connectivity index (χ4v) is 5.84. The van der Waals surface area contributed by atoms with Gasteiger partial charge in [-0.05, 0) is 77.2 Å². The Kier molecular flexibility index (Phi) is 15.8. The lowest BCUT2D eigenvalue weighted by Gasteiger charge is -2.33. The smallest absolute Gasteiger partial charge is 0.319 e. The number of nitrogens with zero attached hydrogens (tertiary/aromatic N) is 6. The van der Waals surface area contributed by atoms with Gasteiger partial charge in [0.1, 0.15) is 11.5 Å². The van der Waals surface area contributed by atoms with Crippen molar-refractivity contribution in [2.45, 2.75) is 90.9 Å². The molecule has 1 unspecified atom stereocenters. The van der Waals surface area contributed by atoms with Crippen molar-refractivity contribution in [1.29, 1.82) is 0 Å². The Morgan fingerprint density at radius 1 is 1.00 bits per heavy atom. The van der Waals surface area contributed by atoms with E-state index in [9.17, 15) is 9.59 Å². The Morgan fingerprint density at radius 3 is 2.60 bits per heavy atom. The third-order valence-electron chi connectivity index (χ3n) is 8.49. The summed E-state index contributed by atoms with van der Waals surface area (Å²) in [6, 6.07) is 8.75. The number of rotatable bonds is 22. The zero-order valence-electron chi connectivity index (χ0n) is 29.0. The maximum absolute atomic E-state index is 12.6. The van der Waals surface area contributed by atoms with Crippen LogP contribution in [0.1, 0.15) is 71.4 Å². The Hall–Kier alpha value is -3.88. The number of piperidine rings is 1. The molecule has 2 aromatic heterocycles. The Labute approximate surface area is 284 Å². The maximum Gasteiger partial charge on any atom is 0.319 e. The number of carbonyl (C=O) groups is 2. The van der Waals surface area contributed by atoms with Crippen LogP contribution in [0.5, 0.6) is 0 Å². The number of aryl methyl sites for hydroxylation is 1. The second kappa shape index (κ2) is 20.5. The molecular weight excluding hydrogens is 610 g/mol. The Bertz CT molecular complexity index is 1390. The average molecular weight is 666 g/mol. The van der Waals surface area contributed by atoms with E-state index in [0.717, 1.165) is 74.3 Å². The zero-order chi connectivity index (χ0) is 34.0. The number of hydrogen-bond acceptors (Lipinski definition) is 12. The first-order chi connectivity index (χ1) is 23.5. The highest BCUT2D eigenvalue weighted by molar-refractivity contribution is 5.90. The van der Waals surface area contributed by atoms with Crippen LogP contribution in [-0.4, -0.2) is 106 Å². The number of benzene rings is 1. The number of anilines is 2. The summed E-state index contributed by atoms with van der Waals surface area (Å²) < 4.78 is 6.78. The Morgan fingerprint density at radius 2 is 1.81 bits per heavy atom. The molecule has 14 heteroatoms. The largest absolute Gasteiger partial charge is 0.465 e. The third-order valence-corrected chi connectivity index (χ3v) is 8.49. The van der Waals surface area contributed by atoms with Crippen LogP contribution in [0, 0.1) is 0 Å². The van der Waals surface area contributed by atoms with Crippen molar-refractivity contribution in [3.05, 3.63) is 36.2 Å². The highest BCUT2D eigenvalue weighted by Crippen LogP contribution is 2.25. The molecule has 14 nitrogen and oxygen atoms in total. The average Bonchev–Trinajstić information content (AvgIpc) is 3.56. The van der Waals surface area contributed by atoms with Gasteiger partial charge >= 0.3 is 5.97 Å². The van der Waals surface area contributed by atoms with Gasteiger partial charge in [-0.2, -0.15) is 4.98 Å². The second-order valence-corrected chi connectivity index (χ2v) is 12.3. The van der Waals surface area contributed by atoms with Crippen LogP contribution in [0.3, 0.4) is 0 Å². The van der Waals surface area contributed by atoms with Crippen LogP contribution in [0.25, 0.3) is 10.9 Å². The van der Waals surface area contributed by atoms with Crippen LogP contribution < -0.4 is 26.6 Å². The van der Waals surface area contributed by atoms with E-state index in [1.807, 2.05) is 40.0 Å². The molecule has 48 heavy (non-hydrogen) atoms. The lowest BCUT2D eigenvalue weighted by atomic mass is 10.0. The van der Waals surface area contributed by atoms with Crippen molar-refractivity contribution in [3.63, 3.8) is 0 Å². The quantitative estimate of drug-likeness (QED) is 0.0789. The highest BCUT2D eigenvalue weighted by Gasteiger charge is 2.24. The number of hydrogen-bond donors (Lipinski definition) is 5. The maximum atomic E-state index is 12.6. The van der Waals surface area contributed by atoms with Gasteiger partial charge in [0.25, 0.3) is 0 Å². The minimum atomic E-state index is -0.355. The van der Waals surface area contributed by atoms with Gasteiger partial charge in [-0.25, -0.2) is 4.98 Å². The molecule has 1 aliphatic heterocycles. The van der Waals surface area contributed by atoms with Gasteiger partial charge in [-0.1, -0.05) is 37.6 Å². The molecule has 4 rings (SSSR count). The van der Waals surface area contributed by atoms with E-state index < -0.39 is 0 Å². The molecule has 1 saturated heterocycles. The van der Waals surface area contributed by atoms with Crippen LogP contribution in [-0.2, 0) is 27.4 Å². The number of carbonyl (C=O) groups excluding carboxylic acids is 2. The first kappa shape index (κ1) is 36.9. The van der Waals surface area contributed by atoms with Gasteiger partial charge in [0.15, 0.2) is 0 Å². The molecule has 0 bridgehead atoms. The normalized spacial score (nSPS) is 14.3. The van der Waals surface area contributed by atoms with Gasteiger partial charge in [0, 0.05) is 37.1 Å². The molecular formula is C34H55N11O3. The highest BCUT2D eigenvalue weighted by atomic mass is 16.5. The van der Waals surface area contributed by atoms with Crippen molar-refractivity contribution in [2.75, 3.05) is 63.1 Å². The van der Waals surface area contributed by atoms with Crippen molar-refractivity contribution in [3.8, 4) is 0 Å². The number of esters is 1. The summed E-state index contributed by atoms with van der Waals surface area (Å²) in [5, 5.41) is 26.6. The number of fused-ring (bicyclic) bond motifs is 1. The van der Waals surface area contributed by atoms with E-state index in [1.165, 1.54) is 19.3 Å². The van der Waals surface area contributed by atoms with Crippen LogP contribution in [0.2, 0.25) is 0 Å². The molecule has 0 aliphatic carbocycles. The topological polar surface area (TPSA) is 163 Å². The summed E-state index contributed by atoms with van der Waals surface area (Å²) in [5.41, 5.74) is 1.67. The summed E-state index contributed by atoms with van der Waals surface area (Å²) >= 11 is 0. The van der Waals surface area contributed by atoms with Crippen molar-refractivity contribution >= 4 is 34.5 Å². The van der Waals surface area contributed by atoms with Gasteiger partial charge < -0.3 is 30.9 Å². The first-order valence-electron chi connectivity index (χ1n) is 17.7. The SMILES string of the molecule is CCCC(CC)NCCCNCCCn1cc(CNc2nc(NC3CCN(C(=O)CNCC(=O)OCC)CC3)c3ccccc3n2)nn1. The molecule has 0 radical (unpaired) electrons. The summed E-state index contributed by atoms with van der Waals surface area (Å²) in [5.74, 6) is 0.912. The predicted molar refractivity (Wildman–Crippen MR) is 189 cm³/mol. The fraction of sp³-hybridized carbons (Fsp3) is 0.647. The lowest BCUT2D eigenvalue weighted by Crippen LogP contribution is -2.46. The van der Waals surface area contributed by atoms with E-state index in [2.05, 4.69) is 50.7 Å². The molecule has 3 aromatic rings. The van der Waals surface area contributed by atoms with Crippen molar-refractivity contribution in [2.24, 2.45) is 0 Å². The number of amides is 1. The molecule has 1 fully saturated rings. The number of likely N-dealkylation sites (tertiary alicyclic amines) is 1. The molecule has 0 spiro atoms. The number of para-hydroxylation sites is 1. The predicted octanol–water partition coefficient (Wildman–Crippen LogP) is 2.93. The summed E-state index contributed by atoms with van der Waals surface area (Å²) in [4.78, 5) is 35.5. The molecule has 1 atom stereocenters. The first-order valence-corrected chi connectivity index (χ1v) is 17.7. The third kappa shape index (κ3) is 12.3. The lowest BCUT2D eigenvalue weighted by molar-refractivity contribution is -0.142. The van der Waals surface area contributed by atoms with Crippen LogP contribution >= 0.6 is 0 Å². The minimum absolute atomic E-state index is 0.0170. The van der Waals surface area contributed by atoms with E-state index in [4.69, 9.17) is 14.7 Å². The van der Waals surface area contributed by atoms with Crippen molar-refractivity contribution < 1.29 is 14.3 Å². The van der Waals surface area contributed by atoms with E-state index >= 15 is 0 Å². The summed E-state index contributed by atoms with van der Waals surface area (Å²) in [7, 11) is 0. The molecule has 5 N–H and O–H groups in total. The molecule has 3 heterocycles. The van der Waals surface area contributed by atoms with E-state index in [-0.39, 0.29) is 31.0 Å². The number of ether oxygens (including phenoxy) is 1. The number of nitrogens with one attached hydrogen (secondary N) is 5. The van der Waals surface area contributed by atoms with Gasteiger partial charge in [0.05, 0.1) is 38.0 Å². The standard InChI is InChI=1S/C34H55N11O3/c1-4-11-26(5-2)37-18-9-16-35-17-10-19-45-25-28(42-43-45)22-38-34-40-30-13-8-7-12-29(30)33(41-34)39-27-14-20-44(21-15-27)31(46)23-36-24-32(47)48-6-3/h7-8,12-13,25-27,35-37H,4-6,9-11,14-24H2,1-3H3,(H2,38,39,40,41). The van der Waals surface area contributed by atoms with Gasteiger partial charge in [-0.3, -0.25) is 19.6 Å². The fourth-order valence-electron chi connectivity index (χ4n) is 5.84. The van der Waals surface area contributed by atoms with Crippen molar-refractivity contribution in [1.82, 2.24) is 45.8 Å². The monoisotopic (exact) mass is 665 g/mol. The van der Waals surface area contributed by atoms with Crippen LogP contribution in [0.4, 0.5) is 11.8 Å². The summed E-state index contributed by atoms with van der Waals surface area (Å²) in [6.45, 7) is 12.3. The number of aromatic nitrogens is 5. The van der Waals surface area contributed by atoms with Gasteiger partial charge in [0.2, 0.25) is 11.9 Å². The minimum Gasteiger partial charge on any atom is -0.465 e. The van der Waals surface area contributed by atoms with E-state index in [0.29, 0.717) is 38.2 Å². The molecule has 1 aliphatic rings. The van der Waals surface area contributed by atoms with Gasteiger partial charge in [-0.15, -0.1) is 5.10 Å². The molecule has 0 saturated carbocycles. The zero-order valence-corrected chi connectivity index (χ0v) is 29.0. The molecule has 264 valence electrons. The van der Waals surface area contributed by atoms with E-state index in [1.54, 1.807) is 6.92 Å². The molecule has 1 aromatic carbocycles. The Balaban J connectivity index is 1.19. The van der Waals surface area contributed by atoms with Crippen LogP contribution in [0.15, 0.2) is 30.5 Å². The second-order valence-electron chi connectivity index (χ2n) is 12.3. The molecule has 1 amide bonds.